The van der Waals surface area contributed by atoms with Gasteiger partial charge < -0.3 is 0 Å². The molecular weight excluding hydrogens is 334 g/mol. The van der Waals surface area contributed by atoms with Gasteiger partial charge in [-0.15, -0.1) is 0 Å². The monoisotopic (exact) mass is 365 g/mol. The number of rotatable bonds is 6. The largest absolute Gasteiger partial charge is 0.297 e. The molecule has 25 heavy (non-hydrogen) atoms. The van der Waals surface area contributed by atoms with Gasteiger partial charge in [0.1, 0.15) is 0 Å². The van der Waals surface area contributed by atoms with Gasteiger partial charge in [0.25, 0.3) is 0 Å². The Balaban J connectivity index is 1.51. The highest BCUT2D eigenvalue weighted by Gasteiger charge is 2.39. The molecule has 2 heterocycles. The first-order valence-electron chi connectivity index (χ1n) is 9.47. The van der Waals surface area contributed by atoms with Crippen molar-refractivity contribution in [1.82, 2.24) is 14.1 Å². The number of sulfonamides is 1. The van der Waals surface area contributed by atoms with Crippen LogP contribution in [-0.4, -0.2) is 73.6 Å². The molecule has 0 radical (unpaired) electrons. The molecule has 0 saturated carbocycles. The molecule has 0 spiro atoms. The zero-order valence-corrected chi connectivity index (χ0v) is 16.3. The fourth-order valence-corrected chi connectivity index (χ4v) is 5.71. The van der Waals surface area contributed by atoms with Crippen LogP contribution in [0.4, 0.5) is 0 Å². The van der Waals surface area contributed by atoms with E-state index in [-0.39, 0.29) is 6.04 Å². The van der Waals surface area contributed by atoms with Crippen LogP contribution in [0, 0.1) is 6.92 Å². The van der Waals surface area contributed by atoms with Crippen molar-refractivity contribution in [2.75, 3.05) is 45.0 Å². The van der Waals surface area contributed by atoms with Crippen LogP contribution in [0.3, 0.4) is 0 Å². The molecule has 0 N–H and O–H groups in total. The normalized spacial score (nSPS) is 25.4. The van der Waals surface area contributed by atoms with Gasteiger partial charge in [0.2, 0.25) is 10.0 Å². The summed E-state index contributed by atoms with van der Waals surface area (Å²) in [6.07, 6.45) is 1.99. The highest BCUT2D eigenvalue weighted by atomic mass is 32.2. The lowest BCUT2D eigenvalue weighted by Crippen LogP contribution is -2.51. The third-order valence-electron chi connectivity index (χ3n) is 5.38. The topological polar surface area (TPSA) is 43.9 Å². The van der Waals surface area contributed by atoms with Crippen LogP contribution in [0.5, 0.6) is 0 Å². The minimum Gasteiger partial charge on any atom is -0.297 e. The first-order valence-corrected chi connectivity index (χ1v) is 11.1. The fraction of sp³-hybridized carbons (Fsp3) is 0.684. The van der Waals surface area contributed by atoms with Crippen LogP contribution in [0.15, 0.2) is 24.3 Å². The van der Waals surface area contributed by atoms with Crippen molar-refractivity contribution in [3.05, 3.63) is 35.4 Å². The van der Waals surface area contributed by atoms with E-state index in [1.54, 1.807) is 4.31 Å². The summed E-state index contributed by atoms with van der Waals surface area (Å²) >= 11 is 0. The van der Waals surface area contributed by atoms with Gasteiger partial charge in [0, 0.05) is 51.9 Å². The summed E-state index contributed by atoms with van der Waals surface area (Å²) in [5, 5.41) is 0. The minimum absolute atomic E-state index is 0.169. The first kappa shape index (κ1) is 18.8. The Bertz CT molecular complexity index is 669. The van der Waals surface area contributed by atoms with Crippen molar-refractivity contribution >= 4 is 10.0 Å². The van der Waals surface area contributed by atoms with Gasteiger partial charge in [-0.1, -0.05) is 43.2 Å². The highest BCUT2D eigenvalue weighted by Crippen LogP contribution is 2.21. The molecule has 2 saturated heterocycles. The van der Waals surface area contributed by atoms with E-state index >= 15 is 0 Å². The fourth-order valence-electron chi connectivity index (χ4n) is 3.89. The smallest absolute Gasteiger partial charge is 0.215 e. The van der Waals surface area contributed by atoms with Crippen molar-refractivity contribution in [3.8, 4) is 0 Å². The van der Waals surface area contributed by atoms with Gasteiger partial charge in [-0.2, -0.15) is 0 Å². The predicted octanol–water partition coefficient (Wildman–Crippen LogP) is 1.93. The van der Waals surface area contributed by atoms with Crippen LogP contribution in [-0.2, 0) is 16.6 Å². The van der Waals surface area contributed by atoms with Crippen molar-refractivity contribution in [3.63, 3.8) is 0 Å². The van der Waals surface area contributed by atoms with E-state index in [1.807, 2.05) is 0 Å². The molecule has 6 heteroatoms. The van der Waals surface area contributed by atoms with Crippen LogP contribution in [0.2, 0.25) is 0 Å². The van der Waals surface area contributed by atoms with E-state index in [9.17, 15) is 8.42 Å². The maximum absolute atomic E-state index is 12.3. The van der Waals surface area contributed by atoms with Gasteiger partial charge in [0.15, 0.2) is 0 Å². The number of aryl methyl sites for hydroxylation is 1. The van der Waals surface area contributed by atoms with E-state index in [0.29, 0.717) is 18.8 Å². The maximum Gasteiger partial charge on any atom is 0.215 e. The summed E-state index contributed by atoms with van der Waals surface area (Å²) in [6.45, 7) is 10.5. The zero-order valence-electron chi connectivity index (χ0n) is 15.5. The number of nitrogens with zero attached hydrogens (tertiary/aromatic N) is 3. The number of piperazine rings is 1. The van der Waals surface area contributed by atoms with Crippen LogP contribution >= 0.6 is 0 Å². The van der Waals surface area contributed by atoms with Gasteiger partial charge in [-0.3, -0.25) is 9.80 Å². The number of benzene rings is 1. The molecule has 0 bridgehead atoms. The second-order valence-electron chi connectivity index (χ2n) is 7.45. The summed E-state index contributed by atoms with van der Waals surface area (Å²) in [5.74, 6) is 0.300. The van der Waals surface area contributed by atoms with Crippen molar-refractivity contribution < 1.29 is 8.42 Å². The maximum atomic E-state index is 12.3. The van der Waals surface area contributed by atoms with Crippen molar-refractivity contribution in [2.24, 2.45) is 0 Å². The molecule has 140 valence electrons. The average molecular weight is 366 g/mol. The summed E-state index contributed by atoms with van der Waals surface area (Å²) in [4.78, 5) is 4.86. The lowest BCUT2D eigenvalue weighted by atomic mass is 10.1. The third-order valence-corrected chi connectivity index (χ3v) is 7.31. The van der Waals surface area contributed by atoms with E-state index in [0.717, 1.165) is 45.6 Å². The second kappa shape index (κ2) is 8.16. The number of unbranched alkanes of at least 4 members (excludes halogenated alkanes) is 1. The Labute approximate surface area is 152 Å². The Kier molecular flexibility index (Phi) is 6.15. The molecule has 2 aliphatic rings. The molecule has 2 fully saturated rings. The Hall–Kier alpha value is -0.950. The minimum atomic E-state index is -3.05. The first-order chi connectivity index (χ1) is 12.0. The van der Waals surface area contributed by atoms with Crippen molar-refractivity contribution in [2.45, 2.75) is 39.3 Å². The Morgan fingerprint density at radius 2 is 1.92 bits per heavy atom. The zero-order chi connectivity index (χ0) is 17.9. The molecule has 0 aromatic heterocycles. The second-order valence-corrected chi connectivity index (χ2v) is 9.46. The number of hydrogen-bond acceptors (Lipinski definition) is 4. The SMILES string of the molecule is CCCCN1CC(N2CCN(Cc3cccc(C)c3)CC2)CS1(=O)=O. The van der Waals surface area contributed by atoms with Gasteiger partial charge in [0.05, 0.1) is 5.75 Å². The summed E-state index contributed by atoms with van der Waals surface area (Å²) in [5.41, 5.74) is 2.67. The van der Waals surface area contributed by atoms with Crippen molar-refractivity contribution in [1.29, 1.82) is 0 Å². The Morgan fingerprint density at radius 1 is 1.16 bits per heavy atom. The molecule has 0 aliphatic carbocycles. The Morgan fingerprint density at radius 3 is 2.60 bits per heavy atom. The molecule has 2 aliphatic heterocycles. The average Bonchev–Trinajstić information content (AvgIpc) is 2.88. The van der Waals surface area contributed by atoms with E-state index in [2.05, 4.69) is 47.9 Å². The van der Waals surface area contributed by atoms with Crippen LogP contribution in [0.25, 0.3) is 0 Å². The third kappa shape index (κ3) is 4.82. The van der Waals surface area contributed by atoms with E-state index < -0.39 is 10.0 Å². The molecule has 1 aromatic rings. The van der Waals surface area contributed by atoms with E-state index in [1.165, 1.54) is 11.1 Å². The van der Waals surface area contributed by atoms with Gasteiger partial charge in [-0.05, 0) is 18.9 Å². The summed E-state index contributed by atoms with van der Waals surface area (Å²) in [6, 6.07) is 8.86. The molecule has 1 unspecified atom stereocenters. The van der Waals surface area contributed by atoms with Crippen LogP contribution < -0.4 is 0 Å². The molecule has 3 rings (SSSR count). The molecule has 1 aromatic carbocycles. The van der Waals surface area contributed by atoms with Gasteiger partial charge >= 0.3 is 0 Å². The quantitative estimate of drug-likeness (QED) is 0.773. The van der Waals surface area contributed by atoms with Crippen LogP contribution in [0.1, 0.15) is 30.9 Å². The standard InChI is InChI=1S/C19H31N3O2S/c1-3-4-8-22-15-19(16-25(22,23)24)21-11-9-20(10-12-21)14-18-7-5-6-17(2)13-18/h5-7,13,19H,3-4,8-12,14-16H2,1-2H3. The molecule has 0 amide bonds. The van der Waals surface area contributed by atoms with Gasteiger partial charge in [-0.25, -0.2) is 12.7 Å². The highest BCUT2D eigenvalue weighted by molar-refractivity contribution is 7.89. The molecular formula is C19H31N3O2S. The molecule has 1 atom stereocenters. The summed E-state index contributed by atoms with van der Waals surface area (Å²) < 4.78 is 26.4. The molecule has 5 nitrogen and oxygen atoms in total. The lowest BCUT2D eigenvalue weighted by molar-refractivity contribution is 0.0969. The van der Waals surface area contributed by atoms with E-state index in [4.69, 9.17) is 0 Å². The predicted molar refractivity (Wildman–Crippen MR) is 102 cm³/mol. The number of hydrogen-bond donors (Lipinski definition) is 0. The lowest BCUT2D eigenvalue weighted by Gasteiger charge is -2.37. The summed E-state index contributed by atoms with van der Waals surface area (Å²) in [7, 11) is -3.05.